The summed E-state index contributed by atoms with van der Waals surface area (Å²) in [6, 6.07) is 21.9. The number of fused-ring (bicyclic) bond motifs is 1. The topological polar surface area (TPSA) is 51.4 Å². The first-order valence-corrected chi connectivity index (χ1v) is 8.34. The van der Waals surface area contributed by atoms with Gasteiger partial charge in [-0.15, -0.1) is 0 Å². The fraction of sp³-hybridized carbons (Fsp3) is 0.0455. The van der Waals surface area contributed by atoms with E-state index in [0.29, 0.717) is 22.6 Å². The number of ketones is 2. The molecule has 4 aromatic rings. The van der Waals surface area contributed by atoms with Crippen molar-refractivity contribution in [3.63, 3.8) is 0 Å². The fourth-order valence-electron chi connectivity index (χ4n) is 3.05. The zero-order valence-corrected chi connectivity index (χ0v) is 14.2. The van der Waals surface area contributed by atoms with Gasteiger partial charge in [-0.2, -0.15) is 0 Å². The van der Waals surface area contributed by atoms with Gasteiger partial charge in [-0.25, -0.2) is 4.98 Å². The lowest BCUT2D eigenvalue weighted by Crippen LogP contribution is -2.17. The van der Waals surface area contributed by atoms with Crippen molar-refractivity contribution in [1.82, 2.24) is 9.38 Å². The quantitative estimate of drug-likeness (QED) is 0.409. The Kier molecular flexibility index (Phi) is 3.93. The summed E-state index contributed by atoms with van der Waals surface area (Å²) in [5.41, 5.74) is 3.61. The average molecular weight is 340 g/mol. The summed E-state index contributed by atoms with van der Waals surface area (Å²) in [7, 11) is 0. The number of rotatable bonds is 4. The summed E-state index contributed by atoms with van der Waals surface area (Å²) >= 11 is 0. The molecule has 0 bridgehead atoms. The molecule has 126 valence electrons. The predicted octanol–water partition coefficient (Wildman–Crippen LogP) is 4.38. The molecule has 0 spiro atoms. The van der Waals surface area contributed by atoms with Gasteiger partial charge in [0.05, 0.1) is 0 Å². The van der Waals surface area contributed by atoms with Crippen LogP contribution in [-0.4, -0.2) is 21.0 Å². The molecule has 26 heavy (non-hydrogen) atoms. The molecule has 4 rings (SSSR count). The highest BCUT2D eigenvalue weighted by atomic mass is 16.2. The number of aromatic nitrogens is 2. The van der Waals surface area contributed by atoms with Crippen molar-refractivity contribution < 1.29 is 9.59 Å². The standard InChI is InChI=1S/C22H16N2O2/c1-15-9-8-14-24-19(21(26)20(25)17-12-6-3-7-13-17)18(23-22(15)24)16-10-4-2-5-11-16/h2-14H,1H3. The van der Waals surface area contributed by atoms with Gasteiger partial charge < -0.3 is 0 Å². The number of nitrogens with zero attached hydrogens (tertiary/aromatic N) is 2. The van der Waals surface area contributed by atoms with Crippen LogP contribution >= 0.6 is 0 Å². The Morgan fingerprint density at radius 3 is 2.15 bits per heavy atom. The van der Waals surface area contributed by atoms with Crippen molar-refractivity contribution in [2.75, 3.05) is 0 Å². The number of carbonyl (C=O) groups is 2. The minimum atomic E-state index is -0.562. The predicted molar refractivity (Wildman–Crippen MR) is 100 cm³/mol. The van der Waals surface area contributed by atoms with Gasteiger partial charge >= 0.3 is 0 Å². The van der Waals surface area contributed by atoms with Crippen LogP contribution in [0.1, 0.15) is 26.4 Å². The molecule has 4 heteroatoms. The van der Waals surface area contributed by atoms with E-state index in [1.54, 1.807) is 34.9 Å². The largest absolute Gasteiger partial charge is 0.296 e. The molecule has 0 fully saturated rings. The van der Waals surface area contributed by atoms with Crippen LogP contribution in [0.15, 0.2) is 79.0 Å². The third-order valence-electron chi connectivity index (χ3n) is 4.35. The molecule has 0 aliphatic carbocycles. The van der Waals surface area contributed by atoms with Crippen molar-refractivity contribution in [2.45, 2.75) is 6.92 Å². The molecular formula is C22H16N2O2. The normalized spacial score (nSPS) is 10.8. The van der Waals surface area contributed by atoms with Crippen LogP contribution in [0.2, 0.25) is 0 Å². The molecule has 0 saturated carbocycles. The smallest absolute Gasteiger partial charge is 0.252 e. The van der Waals surface area contributed by atoms with E-state index in [9.17, 15) is 9.59 Å². The highest BCUT2D eigenvalue weighted by molar-refractivity contribution is 6.49. The first kappa shape index (κ1) is 16.0. The molecular weight excluding hydrogens is 324 g/mol. The number of hydrogen-bond donors (Lipinski definition) is 0. The molecule has 0 radical (unpaired) electrons. The molecule has 0 N–H and O–H groups in total. The SMILES string of the molecule is Cc1cccn2c(C(=O)C(=O)c3ccccc3)c(-c3ccccc3)nc12. The van der Waals surface area contributed by atoms with E-state index in [2.05, 4.69) is 4.98 Å². The number of pyridine rings is 1. The van der Waals surface area contributed by atoms with E-state index < -0.39 is 11.6 Å². The zero-order chi connectivity index (χ0) is 18.1. The summed E-state index contributed by atoms with van der Waals surface area (Å²) in [4.78, 5) is 30.5. The van der Waals surface area contributed by atoms with Crippen molar-refractivity contribution in [1.29, 1.82) is 0 Å². The van der Waals surface area contributed by atoms with E-state index in [0.717, 1.165) is 11.1 Å². The van der Waals surface area contributed by atoms with E-state index in [1.165, 1.54) is 0 Å². The maximum absolute atomic E-state index is 13.1. The first-order chi connectivity index (χ1) is 12.7. The van der Waals surface area contributed by atoms with E-state index >= 15 is 0 Å². The molecule has 0 unspecified atom stereocenters. The lowest BCUT2D eigenvalue weighted by molar-refractivity contribution is 0.0814. The Morgan fingerprint density at radius 1 is 0.808 bits per heavy atom. The van der Waals surface area contributed by atoms with Gasteiger partial charge in [0, 0.05) is 17.3 Å². The number of aryl methyl sites for hydroxylation is 1. The van der Waals surface area contributed by atoms with Gasteiger partial charge in [-0.3, -0.25) is 14.0 Å². The Labute approximate surface area is 150 Å². The second-order valence-corrected chi connectivity index (χ2v) is 6.08. The molecule has 0 amide bonds. The zero-order valence-electron chi connectivity index (χ0n) is 14.2. The number of carbonyl (C=O) groups excluding carboxylic acids is 2. The highest BCUT2D eigenvalue weighted by Gasteiger charge is 2.27. The van der Waals surface area contributed by atoms with E-state index in [1.807, 2.05) is 55.5 Å². The second-order valence-electron chi connectivity index (χ2n) is 6.08. The number of Topliss-reactive ketones (excluding diaryl/α,β-unsaturated/α-hetero) is 2. The molecule has 2 aromatic carbocycles. The Bertz CT molecular complexity index is 1110. The highest BCUT2D eigenvalue weighted by Crippen LogP contribution is 2.27. The van der Waals surface area contributed by atoms with Gasteiger partial charge in [0.2, 0.25) is 5.78 Å². The Morgan fingerprint density at radius 2 is 1.46 bits per heavy atom. The van der Waals surface area contributed by atoms with Gasteiger partial charge in [0.1, 0.15) is 17.0 Å². The molecule has 0 saturated heterocycles. The molecule has 4 nitrogen and oxygen atoms in total. The monoisotopic (exact) mass is 340 g/mol. The van der Waals surface area contributed by atoms with Gasteiger partial charge in [-0.1, -0.05) is 66.7 Å². The summed E-state index contributed by atoms with van der Waals surface area (Å²) in [5, 5.41) is 0. The van der Waals surface area contributed by atoms with Crippen LogP contribution in [0.4, 0.5) is 0 Å². The Hall–Kier alpha value is -3.53. The lowest BCUT2D eigenvalue weighted by atomic mass is 10.0. The molecule has 0 aliphatic heterocycles. The maximum Gasteiger partial charge on any atom is 0.252 e. The average Bonchev–Trinajstić information content (AvgIpc) is 3.09. The van der Waals surface area contributed by atoms with Crippen LogP contribution in [0.3, 0.4) is 0 Å². The van der Waals surface area contributed by atoms with Crippen LogP contribution in [0.25, 0.3) is 16.9 Å². The van der Waals surface area contributed by atoms with E-state index in [-0.39, 0.29) is 0 Å². The summed E-state index contributed by atoms with van der Waals surface area (Å²) in [6.07, 6.45) is 1.77. The number of hydrogen-bond acceptors (Lipinski definition) is 3. The van der Waals surface area contributed by atoms with Crippen LogP contribution in [0, 0.1) is 6.92 Å². The van der Waals surface area contributed by atoms with Crippen molar-refractivity contribution in [2.24, 2.45) is 0 Å². The van der Waals surface area contributed by atoms with Gasteiger partial charge in [0.15, 0.2) is 0 Å². The minimum Gasteiger partial charge on any atom is -0.296 e. The third-order valence-corrected chi connectivity index (χ3v) is 4.35. The van der Waals surface area contributed by atoms with Crippen LogP contribution in [0.5, 0.6) is 0 Å². The maximum atomic E-state index is 13.1. The molecule has 0 aliphatic rings. The van der Waals surface area contributed by atoms with Gasteiger partial charge in [0.25, 0.3) is 5.78 Å². The lowest BCUT2D eigenvalue weighted by Gasteiger charge is -2.05. The molecule has 0 atom stereocenters. The first-order valence-electron chi connectivity index (χ1n) is 8.34. The Balaban J connectivity index is 1.95. The van der Waals surface area contributed by atoms with Crippen LogP contribution < -0.4 is 0 Å². The summed E-state index contributed by atoms with van der Waals surface area (Å²) < 4.78 is 1.71. The summed E-state index contributed by atoms with van der Waals surface area (Å²) in [5.74, 6) is -1.10. The van der Waals surface area contributed by atoms with Gasteiger partial charge in [-0.05, 0) is 18.6 Å². The van der Waals surface area contributed by atoms with Crippen LogP contribution in [-0.2, 0) is 0 Å². The van der Waals surface area contributed by atoms with Crippen molar-refractivity contribution in [3.8, 4) is 11.3 Å². The third kappa shape index (κ3) is 2.62. The minimum absolute atomic E-state index is 0.295. The number of benzene rings is 2. The van der Waals surface area contributed by atoms with Crippen molar-refractivity contribution in [3.05, 3.63) is 95.8 Å². The molecule has 2 aromatic heterocycles. The second kappa shape index (κ2) is 6.41. The summed E-state index contributed by atoms with van der Waals surface area (Å²) in [6.45, 7) is 1.93. The fourth-order valence-corrected chi connectivity index (χ4v) is 3.05. The van der Waals surface area contributed by atoms with E-state index in [4.69, 9.17) is 0 Å². The number of imidazole rings is 1. The van der Waals surface area contributed by atoms with Crippen molar-refractivity contribution >= 4 is 17.2 Å². The molecule has 2 heterocycles.